The number of nitrogens with zero attached hydrogens (tertiary/aromatic N) is 3. The van der Waals surface area contributed by atoms with Crippen molar-refractivity contribution >= 4 is 11.9 Å². The van der Waals surface area contributed by atoms with Crippen molar-refractivity contribution in [2.75, 3.05) is 0 Å². The number of hydrogen-bond acceptors (Lipinski definition) is 4. The average Bonchev–Trinajstić information content (AvgIpc) is 3.23. The molecule has 0 aliphatic carbocycles. The van der Waals surface area contributed by atoms with Crippen LogP contribution in [0.15, 0.2) is 54.6 Å². The van der Waals surface area contributed by atoms with E-state index in [-0.39, 0.29) is 12.3 Å². The van der Waals surface area contributed by atoms with Gasteiger partial charge in [0.25, 0.3) is 5.91 Å². The SMILES string of the molecule is Cc1cccc(-n2nc(CCc3ccccc3)nc2C[C@@H]2NC(=O)NC2=O)c1. The maximum Gasteiger partial charge on any atom is 0.322 e. The number of hydrogen-bond donors (Lipinski definition) is 2. The Bertz CT molecular complexity index is 1010. The highest BCUT2D eigenvalue weighted by Crippen LogP contribution is 2.15. The maximum atomic E-state index is 12.0. The third-order valence-electron chi connectivity index (χ3n) is 4.69. The second kappa shape index (κ2) is 7.64. The number of aromatic nitrogens is 3. The summed E-state index contributed by atoms with van der Waals surface area (Å²) in [5, 5.41) is 9.57. The Morgan fingerprint density at radius 2 is 1.86 bits per heavy atom. The standard InChI is InChI=1S/C21H21N5O2/c1-14-6-5-9-16(12-14)26-19(13-17-20(27)24-21(28)22-17)23-18(25-26)11-10-15-7-3-2-4-8-15/h2-9,12,17H,10-11,13H2,1H3,(H2,22,24,27,28)/t17-/m0/s1. The van der Waals surface area contributed by atoms with Crippen LogP contribution in [-0.2, 0) is 24.1 Å². The van der Waals surface area contributed by atoms with Gasteiger partial charge in [0.2, 0.25) is 0 Å². The number of aryl methyl sites for hydroxylation is 3. The Balaban J connectivity index is 1.61. The van der Waals surface area contributed by atoms with E-state index in [0.29, 0.717) is 18.1 Å². The van der Waals surface area contributed by atoms with Crippen LogP contribution in [0.3, 0.4) is 0 Å². The van der Waals surface area contributed by atoms with Gasteiger partial charge in [-0.3, -0.25) is 10.1 Å². The predicted molar refractivity (Wildman–Crippen MR) is 104 cm³/mol. The first-order valence-corrected chi connectivity index (χ1v) is 9.25. The van der Waals surface area contributed by atoms with E-state index >= 15 is 0 Å². The second-order valence-electron chi connectivity index (χ2n) is 6.90. The van der Waals surface area contributed by atoms with E-state index in [1.807, 2.05) is 49.4 Å². The lowest BCUT2D eigenvalue weighted by atomic mass is 10.1. The molecule has 0 bridgehead atoms. The third-order valence-corrected chi connectivity index (χ3v) is 4.69. The molecule has 142 valence electrons. The normalized spacial score (nSPS) is 16.1. The van der Waals surface area contributed by atoms with Gasteiger partial charge < -0.3 is 5.32 Å². The molecule has 1 aliphatic heterocycles. The molecule has 2 heterocycles. The van der Waals surface area contributed by atoms with E-state index in [9.17, 15) is 9.59 Å². The molecule has 0 unspecified atom stereocenters. The van der Waals surface area contributed by atoms with Crippen molar-refractivity contribution in [1.82, 2.24) is 25.4 Å². The number of carbonyl (C=O) groups excluding carboxylic acids is 2. The highest BCUT2D eigenvalue weighted by atomic mass is 16.2. The molecule has 1 fully saturated rings. The molecule has 1 atom stereocenters. The lowest BCUT2D eigenvalue weighted by Gasteiger charge is -2.09. The Hall–Kier alpha value is -3.48. The smallest absolute Gasteiger partial charge is 0.322 e. The maximum absolute atomic E-state index is 12.0. The van der Waals surface area contributed by atoms with Crippen LogP contribution in [0, 0.1) is 6.92 Å². The van der Waals surface area contributed by atoms with E-state index in [1.165, 1.54) is 5.56 Å². The Morgan fingerprint density at radius 1 is 1.04 bits per heavy atom. The Morgan fingerprint density at radius 3 is 2.57 bits per heavy atom. The number of urea groups is 1. The summed E-state index contributed by atoms with van der Waals surface area (Å²) < 4.78 is 1.77. The van der Waals surface area contributed by atoms with Crippen LogP contribution in [0.2, 0.25) is 0 Å². The molecule has 1 saturated heterocycles. The highest BCUT2D eigenvalue weighted by Gasteiger charge is 2.31. The molecule has 2 N–H and O–H groups in total. The van der Waals surface area contributed by atoms with E-state index in [1.54, 1.807) is 4.68 Å². The van der Waals surface area contributed by atoms with Crippen LogP contribution in [0.1, 0.15) is 22.8 Å². The van der Waals surface area contributed by atoms with Gasteiger partial charge in [-0.1, -0.05) is 42.5 Å². The van der Waals surface area contributed by atoms with Gasteiger partial charge in [0.15, 0.2) is 5.82 Å². The molecule has 7 nitrogen and oxygen atoms in total. The second-order valence-corrected chi connectivity index (χ2v) is 6.90. The van der Waals surface area contributed by atoms with Gasteiger partial charge in [-0.05, 0) is 36.6 Å². The van der Waals surface area contributed by atoms with Gasteiger partial charge >= 0.3 is 6.03 Å². The van der Waals surface area contributed by atoms with E-state index in [4.69, 9.17) is 0 Å². The lowest BCUT2D eigenvalue weighted by Crippen LogP contribution is -2.32. The molecule has 4 rings (SSSR count). The fourth-order valence-corrected chi connectivity index (χ4v) is 3.28. The molecule has 7 heteroatoms. The fraction of sp³-hybridized carbons (Fsp3) is 0.238. The van der Waals surface area contributed by atoms with Gasteiger partial charge in [-0.2, -0.15) is 5.10 Å². The first-order chi connectivity index (χ1) is 13.6. The molecule has 28 heavy (non-hydrogen) atoms. The number of rotatable bonds is 6. The molecule has 1 aliphatic rings. The van der Waals surface area contributed by atoms with Gasteiger partial charge in [0, 0.05) is 12.8 Å². The average molecular weight is 375 g/mol. The topological polar surface area (TPSA) is 88.9 Å². The van der Waals surface area contributed by atoms with Gasteiger partial charge in [0.1, 0.15) is 11.9 Å². The summed E-state index contributed by atoms with van der Waals surface area (Å²) in [6.07, 6.45) is 1.81. The largest absolute Gasteiger partial charge is 0.326 e. The van der Waals surface area contributed by atoms with Gasteiger partial charge in [0.05, 0.1) is 5.69 Å². The van der Waals surface area contributed by atoms with Gasteiger partial charge in [-0.25, -0.2) is 14.5 Å². The number of benzene rings is 2. The van der Waals surface area contributed by atoms with Crippen molar-refractivity contribution in [3.63, 3.8) is 0 Å². The number of nitrogens with one attached hydrogen (secondary N) is 2. The predicted octanol–water partition coefficient (Wildman–Crippen LogP) is 2.11. The zero-order chi connectivity index (χ0) is 19.5. The Labute approximate surface area is 162 Å². The number of amides is 3. The minimum Gasteiger partial charge on any atom is -0.326 e. The molecule has 0 saturated carbocycles. The van der Waals surface area contributed by atoms with Crippen LogP contribution in [0.4, 0.5) is 4.79 Å². The molecule has 0 spiro atoms. The summed E-state index contributed by atoms with van der Waals surface area (Å²) in [4.78, 5) is 28.1. The van der Waals surface area contributed by atoms with E-state index in [2.05, 4.69) is 32.8 Å². The minimum absolute atomic E-state index is 0.282. The van der Waals surface area contributed by atoms with Gasteiger partial charge in [-0.15, -0.1) is 0 Å². The van der Waals surface area contributed by atoms with E-state index < -0.39 is 12.1 Å². The third kappa shape index (κ3) is 3.93. The number of imide groups is 1. The molecule has 0 radical (unpaired) electrons. The van der Waals surface area contributed by atoms with Crippen LogP contribution < -0.4 is 10.6 Å². The molecule has 1 aromatic heterocycles. The van der Waals surface area contributed by atoms with Crippen LogP contribution in [-0.4, -0.2) is 32.7 Å². The highest BCUT2D eigenvalue weighted by molar-refractivity contribution is 6.04. The minimum atomic E-state index is -0.637. The van der Waals surface area contributed by atoms with E-state index in [0.717, 1.165) is 17.7 Å². The monoisotopic (exact) mass is 375 g/mol. The van der Waals surface area contributed by atoms with Crippen molar-refractivity contribution in [3.05, 3.63) is 77.4 Å². The first-order valence-electron chi connectivity index (χ1n) is 9.25. The van der Waals surface area contributed by atoms with Crippen molar-refractivity contribution in [2.45, 2.75) is 32.2 Å². The summed E-state index contributed by atoms with van der Waals surface area (Å²) >= 11 is 0. The lowest BCUT2D eigenvalue weighted by molar-refractivity contribution is -0.120. The molecule has 3 amide bonds. The van der Waals surface area contributed by atoms with Crippen LogP contribution in [0.5, 0.6) is 0 Å². The number of carbonyl (C=O) groups is 2. The van der Waals surface area contributed by atoms with Crippen molar-refractivity contribution in [1.29, 1.82) is 0 Å². The molecular weight excluding hydrogens is 354 g/mol. The Kier molecular flexibility index (Phi) is 4.89. The zero-order valence-electron chi connectivity index (χ0n) is 15.6. The summed E-state index contributed by atoms with van der Waals surface area (Å²) in [5.41, 5.74) is 3.22. The first kappa shape index (κ1) is 17.9. The quantitative estimate of drug-likeness (QED) is 0.646. The van der Waals surface area contributed by atoms with Crippen molar-refractivity contribution in [2.24, 2.45) is 0 Å². The molecular formula is C21H21N5O2. The van der Waals surface area contributed by atoms with Crippen molar-refractivity contribution in [3.8, 4) is 5.69 Å². The van der Waals surface area contributed by atoms with Crippen LogP contribution >= 0.6 is 0 Å². The zero-order valence-corrected chi connectivity index (χ0v) is 15.6. The summed E-state index contributed by atoms with van der Waals surface area (Å²) in [6, 6.07) is 17.0. The fourth-order valence-electron chi connectivity index (χ4n) is 3.28. The molecule has 3 aromatic rings. The molecule has 2 aromatic carbocycles. The van der Waals surface area contributed by atoms with Crippen molar-refractivity contribution < 1.29 is 9.59 Å². The van der Waals surface area contributed by atoms with Crippen LogP contribution in [0.25, 0.3) is 5.69 Å². The summed E-state index contributed by atoms with van der Waals surface area (Å²) in [5.74, 6) is 1.02. The summed E-state index contributed by atoms with van der Waals surface area (Å²) in [7, 11) is 0. The summed E-state index contributed by atoms with van der Waals surface area (Å²) in [6.45, 7) is 2.01.